The van der Waals surface area contributed by atoms with Crippen LogP contribution in [0.5, 0.6) is 0 Å². The van der Waals surface area contributed by atoms with E-state index in [0.29, 0.717) is 0 Å². The Morgan fingerprint density at radius 1 is 1.53 bits per heavy atom. The maximum Gasteiger partial charge on any atom is 0.267 e. The average Bonchev–Trinajstić information content (AvgIpc) is 2.00. The molecule has 15 heavy (non-hydrogen) atoms. The molecule has 0 amide bonds. The number of halogens is 5. The van der Waals surface area contributed by atoms with Gasteiger partial charge >= 0.3 is 0 Å². The number of alkyl halides is 2. The van der Waals surface area contributed by atoms with Crippen LogP contribution in [0.1, 0.15) is 12.0 Å². The van der Waals surface area contributed by atoms with Crippen molar-refractivity contribution in [3.8, 4) is 0 Å². The minimum Gasteiger partial charge on any atom is -0.248 e. The summed E-state index contributed by atoms with van der Waals surface area (Å²) in [4.78, 5) is 3.08. The quantitative estimate of drug-likeness (QED) is 0.409. The summed E-state index contributed by atoms with van der Waals surface area (Å²) in [6.07, 6.45) is -1.89. The van der Waals surface area contributed by atoms with Gasteiger partial charge in [0.1, 0.15) is 8.60 Å². The van der Waals surface area contributed by atoms with Gasteiger partial charge in [0.05, 0.1) is 10.0 Å². The van der Waals surface area contributed by atoms with Crippen molar-refractivity contribution in [2.24, 2.45) is 0 Å². The summed E-state index contributed by atoms with van der Waals surface area (Å²) in [6, 6.07) is 0. The topological polar surface area (TPSA) is 47.0 Å². The summed E-state index contributed by atoms with van der Waals surface area (Å²) >= 11 is 4.37. The number of pyridine rings is 1. The lowest BCUT2D eigenvalue weighted by atomic mass is 10.3. The molecule has 0 fully saturated rings. The Morgan fingerprint density at radius 2 is 2.07 bits per heavy atom. The van der Waals surface area contributed by atoms with Crippen molar-refractivity contribution in [2.75, 3.05) is 0 Å². The van der Waals surface area contributed by atoms with Gasteiger partial charge in [-0.05, 0) is 38.5 Å². The molecule has 84 valence electrons. The van der Waals surface area contributed by atoms with Crippen molar-refractivity contribution in [1.29, 1.82) is 0 Å². The molecule has 0 unspecified atom stereocenters. The number of hydrogen-bond acceptors (Lipinski definition) is 3. The zero-order valence-corrected chi connectivity index (χ0v) is 12.0. The largest absolute Gasteiger partial charge is 0.267 e. The lowest BCUT2D eigenvalue weighted by molar-refractivity contribution is 0.148. The van der Waals surface area contributed by atoms with Gasteiger partial charge in [0.25, 0.3) is 15.5 Å². The van der Waals surface area contributed by atoms with Gasteiger partial charge < -0.3 is 0 Å². The van der Waals surface area contributed by atoms with E-state index >= 15 is 0 Å². The predicted molar refractivity (Wildman–Crippen MR) is 62.6 cm³/mol. The van der Waals surface area contributed by atoms with Crippen LogP contribution < -0.4 is 0 Å². The lowest BCUT2D eigenvalue weighted by Gasteiger charge is -2.08. The van der Waals surface area contributed by atoms with E-state index in [0.717, 1.165) is 6.20 Å². The van der Waals surface area contributed by atoms with E-state index in [9.17, 15) is 17.2 Å². The van der Waals surface area contributed by atoms with Crippen molar-refractivity contribution in [3.05, 3.63) is 19.9 Å². The third-order valence-electron chi connectivity index (χ3n) is 1.45. The van der Waals surface area contributed by atoms with Gasteiger partial charge in [0.2, 0.25) is 0 Å². The first-order valence-corrected chi connectivity index (χ1v) is 7.50. The molecule has 0 N–H and O–H groups in total. The third kappa shape index (κ3) is 2.98. The molecule has 0 bridgehead atoms. The van der Waals surface area contributed by atoms with E-state index in [1.165, 1.54) is 0 Å². The fraction of sp³-hybridized carbons (Fsp3) is 0.167. The molecule has 0 atom stereocenters. The monoisotopic (exact) mass is 431 g/mol. The Kier molecular flexibility index (Phi) is 4.29. The number of rotatable bonds is 2. The van der Waals surface area contributed by atoms with Gasteiger partial charge in [0, 0.05) is 16.9 Å². The minimum absolute atomic E-state index is 0.0264. The van der Waals surface area contributed by atoms with Crippen LogP contribution in [0, 0.1) is 3.70 Å². The Hall–Kier alpha value is 0.460. The molecule has 0 aliphatic heterocycles. The molecule has 1 rings (SSSR count). The van der Waals surface area contributed by atoms with Crippen LogP contribution in [0.4, 0.5) is 8.78 Å². The summed E-state index contributed by atoms with van der Waals surface area (Å²) in [5, 5.41) is 0. The number of nitrogens with zero attached hydrogens (tertiary/aromatic N) is 1. The van der Waals surface area contributed by atoms with Gasteiger partial charge in [0.15, 0.2) is 0 Å². The Balaban J connectivity index is 3.56. The SMILES string of the molecule is O=S(=O)(Cl)c1cnc(I)c(C(F)F)c1Br. The van der Waals surface area contributed by atoms with Gasteiger partial charge in [-0.25, -0.2) is 22.2 Å². The fourth-order valence-corrected chi connectivity index (χ4v) is 4.07. The normalized spacial score (nSPS) is 12.1. The standard InChI is InChI=1S/C6H2BrClF2INO2S/c7-4-2(15(8,13)14)1-12-6(11)3(4)5(9)10/h1,5H. The molecule has 1 heterocycles. The highest BCUT2D eigenvalue weighted by Crippen LogP contribution is 2.35. The summed E-state index contributed by atoms with van der Waals surface area (Å²) in [5.41, 5.74) is -0.475. The Labute approximate surface area is 111 Å². The van der Waals surface area contributed by atoms with Crippen LogP contribution in [0.3, 0.4) is 0 Å². The molecule has 0 aliphatic rings. The first kappa shape index (κ1) is 13.5. The fourth-order valence-electron chi connectivity index (χ4n) is 0.821. The van der Waals surface area contributed by atoms with Gasteiger partial charge in [-0.3, -0.25) is 0 Å². The maximum absolute atomic E-state index is 12.5. The van der Waals surface area contributed by atoms with Crippen LogP contribution in [-0.2, 0) is 9.05 Å². The van der Waals surface area contributed by atoms with E-state index < -0.39 is 25.9 Å². The van der Waals surface area contributed by atoms with E-state index in [1.54, 1.807) is 22.6 Å². The van der Waals surface area contributed by atoms with Crippen molar-refractivity contribution in [1.82, 2.24) is 4.98 Å². The highest BCUT2D eigenvalue weighted by molar-refractivity contribution is 14.1. The summed E-state index contributed by atoms with van der Waals surface area (Å²) < 4.78 is 46.8. The summed E-state index contributed by atoms with van der Waals surface area (Å²) in [5.74, 6) is 0. The van der Waals surface area contributed by atoms with Crippen LogP contribution >= 0.6 is 49.2 Å². The zero-order chi connectivity index (χ0) is 11.8. The van der Waals surface area contributed by atoms with E-state index in [1.807, 2.05) is 0 Å². The van der Waals surface area contributed by atoms with Crippen LogP contribution in [0.2, 0.25) is 0 Å². The smallest absolute Gasteiger partial charge is 0.248 e. The number of aromatic nitrogens is 1. The van der Waals surface area contributed by atoms with Gasteiger partial charge in [-0.15, -0.1) is 0 Å². The molecule has 0 radical (unpaired) electrons. The molecule has 0 saturated carbocycles. The second kappa shape index (κ2) is 4.76. The van der Waals surface area contributed by atoms with E-state index in [2.05, 4.69) is 20.9 Å². The van der Waals surface area contributed by atoms with E-state index in [-0.39, 0.29) is 8.17 Å². The molecular formula is C6H2BrClF2INO2S. The maximum atomic E-state index is 12.5. The van der Waals surface area contributed by atoms with Crippen LogP contribution in [-0.4, -0.2) is 13.4 Å². The molecular weight excluding hydrogens is 430 g/mol. The Morgan fingerprint density at radius 3 is 2.47 bits per heavy atom. The predicted octanol–water partition coefficient (Wildman–Crippen LogP) is 3.31. The number of hydrogen-bond donors (Lipinski definition) is 0. The lowest BCUT2D eigenvalue weighted by Crippen LogP contribution is -2.01. The van der Waals surface area contributed by atoms with Crippen molar-refractivity contribution >= 4 is 58.3 Å². The highest BCUT2D eigenvalue weighted by Gasteiger charge is 2.24. The molecule has 1 aromatic heterocycles. The summed E-state index contributed by atoms with van der Waals surface area (Å²) in [7, 11) is 0.968. The summed E-state index contributed by atoms with van der Waals surface area (Å²) in [6.45, 7) is 0. The van der Waals surface area contributed by atoms with Crippen molar-refractivity contribution in [2.45, 2.75) is 11.3 Å². The minimum atomic E-state index is -4.08. The van der Waals surface area contributed by atoms with E-state index in [4.69, 9.17) is 10.7 Å². The van der Waals surface area contributed by atoms with Crippen LogP contribution in [0.25, 0.3) is 0 Å². The molecule has 0 spiro atoms. The van der Waals surface area contributed by atoms with Crippen molar-refractivity contribution < 1.29 is 17.2 Å². The average molecular weight is 432 g/mol. The first-order chi connectivity index (χ1) is 6.75. The molecule has 0 saturated heterocycles. The zero-order valence-electron chi connectivity index (χ0n) is 6.72. The molecule has 9 heteroatoms. The molecule has 0 aromatic carbocycles. The van der Waals surface area contributed by atoms with Gasteiger partial charge in [-0.2, -0.15) is 0 Å². The molecule has 0 aliphatic carbocycles. The Bertz CT molecular complexity index is 496. The first-order valence-electron chi connectivity index (χ1n) is 3.32. The van der Waals surface area contributed by atoms with Crippen LogP contribution in [0.15, 0.2) is 15.6 Å². The highest BCUT2D eigenvalue weighted by atomic mass is 127. The molecule has 3 nitrogen and oxygen atoms in total. The molecule has 1 aromatic rings. The van der Waals surface area contributed by atoms with Crippen molar-refractivity contribution in [3.63, 3.8) is 0 Å². The van der Waals surface area contributed by atoms with Gasteiger partial charge in [-0.1, -0.05) is 0 Å². The second-order valence-electron chi connectivity index (χ2n) is 2.38. The second-order valence-corrected chi connectivity index (χ2v) is 6.73. The third-order valence-corrected chi connectivity index (χ3v) is 4.76.